The highest BCUT2D eigenvalue weighted by Crippen LogP contribution is 2.16. The molecule has 0 bridgehead atoms. The number of hydrogen-bond donors (Lipinski definition) is 1. The van der Waals surface area contributed by atoms with Crippen molar-refractivity contribution in [3.05, 3.63) is 82.5 Å². The van der Waals surface area contributed by atoms with E-state index in [1.54, 1.807) is 35.3 Å². The molecule has 126 valence electrons. The number of carbonyl (C=O) groups is 1. The van der Waals surface area contributed by atoms with Crippen molar-refractivity contribution in [2.45, 2.75) is 6.54 Å². The maximum atomic E-state index is 13.6. The zero-order chi connectivity index (χ0) is 17.6. The molecule has 0 unspecified atom stereocenters. The molecule has 0 spiro atoms. The number of halogens is 2. The van der Waals surface area contributed by atoms with Gasteiger partial charge in [0.05, 0.1) is 12.2 Å². The van der Waals surface area contributed by atoms with Crippen molar-refractivity contribution in [3.8, 4) is 0 Å². The maximum Gasteiger partial charge on any atom is 0.249 e. The molecule has 0 saturated carbocycles. The molecular weight excluding hydrogens is 387 g/mol. The summed E-state index contributed by atoms with van der Waals surface area (Å²) in [6.45, 7) is 0.510. The summed E-state index contributed by atoms with van der Waals surface area (Å²) in [5.41, 5.74) is 1.19. The van der Waals surface area contributed by atoms with E-state index in [0.717, 1.165) is 10.2 Å². The van der Waals surface area contributed by atoms with Crippen LogP contribution < -0.4 is 5.32 Å². The molecule has 2 heterocycles. The van der Waals surface area contributed by atoms with Gasteiger partial charge in [0.25, 0.3) is 0 Å². The SMILES string of the molecule is O=C(/C=C/c1cc(Br)ccc1F)Nc1ccn(Cc2ccccn2)n1. The summed E-state index contributed by atoms with van der Waals surface area (Å²) in [6.07, 6.45) is 6.15. The van der Waals surface area contributed by atoms with E-state index in [1.165, 1.54) is 18.2 Å². The molecule has 5 nitrogen and oxygen atoms in total. The molecule has 7 heteroatoms. The molecule has 2 aromatic heterocycles. The van der Waals surface area contributed by atoms with E-state index in [2.05, 4.69) is 31.3 Å². The zero-order valence-electron chi connectivity index (χ0n) is 13.1. The Morgan fingerprint density at radius 1 is 1.28 bits per heavy atom. The first-order valence-electron chi connectivity index (χ1n) is 7.47. The Balaban J connectivity index is 1.61. The van der Waals surface area contributed by atoms with Gasteiger partial charge in [-0.3, -0.25) is 14.5 Å². The second kappa shape index (κ2) is 7.85. The van der Waals surface area contributed by atoms with Crippen molar-refractivity contribution in [3.63, 3.8) is 0 Å². The Hall–Kier alpha value is -2.80. The van der Waals surface area contributed by atoms with Gasteiger partial charge in [-0.25, -0.2) is 4.39 Å². The number of nitrogens with zero attached hydrogens (tertiary/aromatic N) is 3. The van der Waals surface area contributed by atoms with Crippen LogP contribution in [0.15, 0.2) is 65.4 Å². The highest BCUT2D eigenvalue weighted by atomic mass is 79.9. The number of pyridine rings is 1. The van der Waals surface area contributed by atoms with Gasteiger partial charge < -0.3 is 5.32 Å². The summed E-state index contributed by atoms with van der Waals surface area (Å²) in [7, 11) is 0. The van der Waals surface area contributed by atoms with E-state index < -0.39 is 5.82 Å². The van der Waals surface area contributed by atoms with Crippen LogP contribution >= 0.6 is 15.9 Å². The van der Waals surface area contributed by atoms with E-state index >= 15 is 0 Å². The standard InChI is InChI=1S/C18H14BrFN4O/c19-14-5-6-16(20)13(11-14)4-7-18(25)22-17-8-10-24(23-17)12-15-3-1-2-9-21-15/h1-11H,12H2,(H,22,23,25)/b7-4+. The Morgan fingerprint density at radius 3 is 2.96 bits per heavy atom. The zero-order valence-corrected chi connectivity index (χ0v) is 14.6. The average molecular weight is 401 g/mol. The van der Waals surface area contributed by atoms with Gasteiger partial charge in [0.2, 0.25) is 5.91 Å². The van der Waals surface area contributed by atoms with Crippen LogP contribution in [0.5, 0.6) is 0 Å². The lowest BCUT2D eigenvalue weighted by Crippen LogP contribution is -2.09. The molecule has 0 aliphatic carbocycles. The fourth-order valence-corrected chi connectivity index (χ4v) is 2.53. The van der Waals surface area contributed by atoms with Gasteiger partial charge in [-0.2, -0.15) is 5.10 Å². The van der Waals surface area contributed by atoms with Gasteiger partial charge in [-0.05, 0) is 36.4 Å². The van der Waals surface area contributed by atoms with Crippen LogP contribution in [0.25, 0.3) is 6.08 Å². The normalized spacial score (nSPS) is 11.0. The lowest BCUT2D eigenvalue weighted by Gasteiger charge is -2.01. The van der Waals surface area contributed by atoms with Crippen LogP contribution in [0, 0.1) is 5.82 Å². The van der Waals surface area contributed by atoms with Gasteiger partial charge >= 0.3 is 0 Å². The van der Waals surface area contributed by atoms with E-state index in [9.17, 15) is 9.18 Å². The van der Waals surface area contributed by atoms with Gasteiger partial charge in [0, 0.05) is 34.6 Å². The first-order chi connectivity index (χ1) is 12.1. The number of aromatic nitrogens is 3. The summed E-state index contributed by atoms with van der Waals surface area (Å²) in [6, 6.07) is 11.9. The second-order valence-corrected chi connectivity index (χ2v) is 6.12. The van der Waals surface area contributed by atoms with Crippen molar-refractivity contribution in [1.82, 2.24) is 14.8 Å². The minimum Gasteiger partial charge on any atom is -0.306 e. The number of anilines is 1. The van der Waals surface area contributed by atoms with Crippen LogP contribution in [0.3, 0.4) is 0 Å². The third-order valence-corrected chi connectivity index (χ3v) is 3.81. The Morgan fingerprint density at radius 2 is 2.16 bits per heavy atom. The van der Waals surface area contributed by atoms with Crippen LogP contribution in [0.4, 0.5) is 10.2 Å². The highest BCUT2D eigenvalue weighted by molar-refractivity contribution is 9.10. The molecule has 3 aromatic rings. The molecule has 0 aliphatic rings. The first kappa shape index (κ1) is 17.0. The van der Waals surface area contributed by atoms with Crippen molar-refractivity contribution >= 4 is 33.7 Å². The van der Waals surface area contributed by atoms with Gasteiger partial charge in [-0.15, -0.1) is 0 Å². The van der Waals surface area contributed by atoms with E-state index in [4.69, 9.17) is 0 Å². The van der Waals surface area contributed by atoms with Crippen LogP contribution in [-0.4, -0.2) is 20.7 Å². The molecule has 1 amide bonds. The summed E-state index contributed by atoms with van der Waals surface area (Å²) in [4.78, 5) is 16.2. The number of nitrogens with one attached hydrogen (secondary N) is 1. The van der Waals surface area contributed by atoms with Crippen molar-refractivity contribution in [1.29, 1.82) is 0 Å². The summed E-state index contributed by atoms with van der Waals surface area (Å²) in [5.74, 6) is -0.366. The lowest BCUT2D eigenvalue weighted by molar-refractivity contribution is -0.111. The van der Waals surface area contributed by atoms with E-state index in [1.807, 2.05) is 18.2 Å². The quantitative estimate of drug-likeness (QED) is 0.661. The predicted octanol–water partition coefficient (Wildman–Crippen LogP) is 3.88. The first-order valence-corrected chi connectivity index (χ1v) is 8.27. The third kappa shape index (κ3) is 4.84. The Labute approximate surface area is 152 Å². The molecule has 1 N–H and O–H groups in total. The van der Waals surface area contributed by atoms with Gasteiger partial charge in [0.1, 0.15) is 5.82 Å². The molecule has 0 aliphatic heterocycles. The molecule has 25 heavy (non-hydrogen) atoms. The number of amides is 1. The van der Waals surface area contributed by atoms with E-state index in [-0.39, 0.29) is 5.91 Å². The smallest absolute Gasteiger partial charge is 0.249 e. The predicted molar refractivity (Wildman–Crippen MR) is 97.3 cm³/mol. The van der Waals surface area contributed by atoms with Gasteiger partial charge in [-0.1, -0.05) is 22.0 Å². The lowest BCUT2D eigenvalue weighted by atomic mass is 10.2. The van der Waals surface area contributed by atoms with Crippen LogP contribution in [0.1, 0.15) is 11.3 Å². The number of rotatable bonds is 5. The molecule has 0 radical (unpaired) electrons. The fraction of sp³-hybridized carbons (Fsp3) is 0.0556. The minimum atomic E-state index is -0.396. The second-order valence-electron chi connectivity index (χ2n) is 5.21. The monoisotopic (exact) mass is 400 g/mol. The summed E-state index contributed by atoms with van der Waals surface area (Å²) in [5, 5.41) is 6.90. The van der Waals surface area contributed by atoms with Crippen LogP contribution in [-0.2, 0) is 11.3 Å². The number of hydrogen-bond acceptors (Lipinski definition) is 3. The molecule has 0 saturated heterocycles. The third-order valence-electron chi connectivity index (χ3n) is 3.31. The van der Waals surface area contributed by atoms with Gasteiger partial charge in [0.15, 0.2) is 5.82 Å². The Kier molecular flexibility index (Phi) is 5.35. The van der Waals surface area contributed by atoms with Crippen molar-refractivity contribution < 1.29 is 9.18 Å². The Bertz CT molecular complexity index is 908. The van der Waals surface area contributed by atoms with Crippen molar-refractivity contribution in [2.75, 3.05) is 5.32 Å². The minimum absolute atomic E-state index is 0.324. The molecule has 0 atom stereocenters. The molecule has 3 rings (SSSR count). The topological polar surface area (TPSA) is 59.8 Å². The van der Waals surface area contributed by atoms with Crippen LogP contribution in [0.2, 0.25) is 0 Å². The average Bonchev–Trinajstić information content (AvgIpc) is 3.03. The summed E-state index contributed by atoms with van der Waals surface area (Å²) >= 11 is 3.27. The van der Waals surface area contributed by atoms with Crippen molar-refractivity contribution in [2.24, 2.45) is 0 Å². The fourth-order valence-electron chi connectivity index (χ4n) is 2.15. The highest BCUT2D eigenvalue weighted by Gasteiger charge is 2.04. The number of benzene rings is 1. The largest absolute Gasteiger partial charge is 0.306 e. The number of carbonyl (C=O) groups excluding carboxylic acids is 1. The summed E-state index contributed by atoms with van der Waals surface area (Å²) < 4.78 is 16.0. The molecular formula is C18H14BrFN4O. The van der Waals surface area contributed by atoms with E-state index in [0.29, 0.717) is 17.9 Å². The molecule has 1 aromatic carbocycles. The molecule has 0 fully saturated rings. The maximum absolute atomic E-state index is 13.6.